The van der Waals surface area contributed by atoms with Gasteiger partial charge in [-0.25, -0.2) is 17.6 Å². The number of para-hydroxylation sites is 1. The molecule has 3 aromatic rings. The Bertz CT molecular complexity index is 1360. The molecule has 3 N–H and O–H groups in total. The van der Waals surface area contributed by atoms with Crippen LogP contribution < -0.4 is 11.1 Å². The van der Waals surface area contributed by atoms with Crippen molar-refractivity contribution in [3.8, 4) is 0 Å². The van der Waals surface area contributed by atoms with Crippen LogP contribution in [0.3, 0.4) is 0 Å². The Hall–Kier alpha value is -3.70. The highest BCUT2D eigenvalue weighted by Crippen LogP contribution is 2.46. The summed E-state index contributed by atoms with van der Waals surface area (Å²) >= 11 is 0.955. The van der Waals surface area contributed by atoms with Crippen LogP contribution in [-0.4, -0.2) is 34.7 Å². The molecule has 11 heteroatoms. The number of amides is 3. The zero-order valence-electron chi connectivity index (χ0n) is 19.4. The van der Waals surface area contributed by atoms with E-state index in [4.69, 9.17) is 5.73 Å². The number of thioether (sulfide) groups is 1. The van der Waals surface area contributed by atoms with Crippen LogP contribution in [0.2, 0.25) is 0 Å². The summed E-state index contributed by atoms with van der Waals surface area (Å²) in [6.45, 7) is 1.29. The molecule has 0 radical (unpaired) electrons. The summed E-state index contributed by atoms with van der Waals surface area (Å²) in [6, 6.07) is 8.71. The third-order valence-corrected chi connectivity index (χ3v) is 7.05. The Morgan fingerprint density at radius 2 is 1.68 bits per heavy atom. The van der Waals surface area contributed by atoms with Gasteiger partial charge in [0.2, 0.25) is 17.7 Å². The minimum atomic E-state index is -1.68. The first-order chi connectivity index (χ1) is 17.5. The first kappa shape index (κ1) is 26.4. The van der Waals surface area contributed by atoms with Crippen molar-refractivity contribution in [3.05, 3.63) is 95.1 Å². The van der Waals surface area contributed by atoms with Crippen LogP contribution in [0, 0.1) is 23.3 Å². The number of hydrogen-bond acceptors (Lipinski definition) is 5. The summed E-state index contributed by atoms with van der Waals surface area (Å²) in [5.41, 5.74) is 5.79. The van der Waals surface area contributed by atoms with E-state index in [1.165, 1.54) is 6.92 Å². The Morgan fingerprint density at radius 3 is 2.35 bits per heavy atom. The molecule has 3 atom stereocenters. The average molecular weight is 532 g/mol. The number of nitrogens with one attached hydrogen (secondary N) is 1. The van der Waals surface area contributed by atoms with Crippen LogP contribution in [0.1, 0.15) is 23.3 Å². The van der Waals surface area contributed by atoms with Gasteiger partial charge in [-0.15, -0.1) is 11.8 Å². The van der Waals surface area contributed by atoms with E-state index in [1.54, 1.807) is 24.3 Å². The van der Waals surface area contributed by atoms with Crippen LogP contribution in [0.25, 0.3) is 0 Å². The highest BCUT2D eigenvalue weighted by atomic mass is 32.2. The van der Waals surface area contributed by atoms with Gasteiger partial charge in [0.1, 0.15) is 29.3 Å². The first-order valence-corrected chi connectivity index (χ1v) is 12.0. The fourth-order valence-corrected chi connectivity index (χ4v) is 5.40. The number of rotatable bonds is 5. The molecule has 37 heavy (non-hydrogen) atoms. The summed E-state index contributed by atoms with van der Waals surface area (Å²) in [6.07, 6.45) is -0.660. The molecule has 0 spiro atoms. The number of benzene rings is 3. The third kappa shape index (κ3) is 5.67. The Labute approximate surface area is 213 Å². The number of imide groups is 1. The smallest absolute Gasteiger partial charge is 0.249 e. The van der Waals surface area contributed by atoms with Gasteiger partial charge in [-0.2, -0.15) is 0 Å². The SMILES string of the molecule is C[C@H](N)C(=O)N(C(=O)Cc1cc(F)cc(F)c1)[C@@H]1C(=O)Nc2ccccc2S[C@@H]1c1cc(F)ccc1F. The van der Waals surface area contributed by atoms with Crippen LogP contribution in [-0.2, 0) is 20.8 Å². The van der Waals surface area contributed by atoms with E-state index in [0.29, 0.717) is 21.5 Å². The van der Waals surface area contributed by atoms with E-state index in [2.05, 4.69) is 5.32 Å². The molecule has 1 heterocycles. The minimum absolute atomic E-state index is 0.0940. The molecular formula is C26H21F4N3O3S. The lowest BCUT2D eigenvalue weighted by Gasteiger charge is -2.34. The van der Waals surface area contributed by atoms with Crippen molar-refractivity contribution in [3.63, 3.8) is 0 Å². The minimum Gasteiger partial charge on any atom is -0.323 e. The number of halogens is 4. The maximum Gasteiger partial charge on any atom is 0.249 e. The topological polar surface area (TPSA) is 92.5 Å². The van der Waals surface area contributed by atoms with Gasteiger partial charge in [-0.3, -0.25) is 19.3 Å². The van der Waals surface area contributed by atoms with Crippen molar-refractivity contribution in [2.24, 2.45) is 5.73 Å². The van der Waals surface area contributed by atoms with Crippen molar-refractivity contribution in [1.82, 2.24) is 4.90 Å². The standard InChI is InChI=1S/C26H21F4N3O3S/c1-13(31)26(36)33(22(34)10-14-8-16(28)11-17(29)9-14)23-24(18-12-15(27)6-7-19(18)30)37-21-5-3-2-4-20(21)32-25(23)35/h2-9,11-13,23-24H,10,31H2,1H3,(H,32,35)/t13-,23-,24+/m0/s1. The van der Waals surface area contributed by atoms with Gasteiger partial charge in [0, 0.05) is 16.5 Å². The molecule has 0 bridgehead atoms. The zero-order chi connectivity index (χ0) is 26.9. The average Bonchev–Trinajstić information content (AvgIpc) is 2.96. The molecule has 0 saturated heterocycles. The number of carbonyl (C=O) groups is 3. The molecule has 1 aliphatic rings. The Kier molecular flexibility index (Phi) is 7.65. The van der Waals surface area contributed by atoms with Crippen molar-refractivity contribution >= 4 is 35.2 Å². The number of nitrogens with zero attached hydrogens (tertiary/aromatic N) is 1. The van der Waals surface area contributed by atoms with E-state index in [9.17, 15) is 27.6 Å². The van der Waals surface area contributed by atoms with Crippen molar-refractivity contribution in [1.29, 1.82) is 0 Å². The van der Waals surface area contributed by atoms with E-state index in [1.807, 2.05) is 0 Å². The number of carbonyl (C=O) groups excluding carboxylic acids is 3. The van der Waals surface area contributed by atoms with E-state index in [0.717, 1.165) is 42.1 Å². The van der Waals surface area contributed by atoms with Gasteiger partial charge in [-0.1, -0.05) is 12.1 Å². The lowest BCUT2D eigenvalue weighted by molar-refractivity contribution is -0.151. The van der Waals surface area contributed by atoms with E-state index >= 15 is 4.39 Å². The third-order valence-electron chi connectivity index (χ3n) is 5.67. The van der Waals surface area contributed by atoms with Crippen molar-refractivity contribution in [2.75, 3.05) is 5.32 Å². The summed E-state index contributed by atoms with van der Waals surface area (Å²) in [5.74, 6) is -6.35. The zero-order valence-corrected chi connectivity index (χ0v) is 20.2. The molecule has 0 aliphatic carbocycles. The predicted octanol–water partition coefficient (Wildman–Crippen LogP) is 4.34. The van der Waals surface area contributed by atoms with Crippen molar-refractivity contribution in [2.45, 2.75) is 35.6 Å². The Morgan fingerprint density at radius 1 is 1.00 bits per heavy atom. The van der Waals surface area contributed by atoms with E-state index < -0.39 is 64.7 Å². The second-order valence-electron chi connectivity index (χ2n) is 8.48. The highest BCUT2D eigenvalue weighted by Gasteiger charge is 2.45. The summed E-state index contributed by atoms with van der Waals surface area (Å²) in [7, 11) is 0. The fourth-order valence-electron chi connectivity index (χ4n) is 4.04. The molecular weight excluding hydrogens is 510 g/mol. The van der Waals surface area contributed by atoms with Gasteiger partial charge < -0.3 is 11.1 Å². The van der Waals surface area contributed by atoms with Crippen LogP contribution >= 0.6 is 11.8 Å². The predicted molar refractivity (Wildman–Crippen MR) is 129 cm³/mol. The quantitative estimate of drug-likeness (QED) is 0.478. The maximum atomic E-state index is 15.0. The van der Waals surface area contributed by atoms with Gasteiger partial charge in [0.25, 0.3) is 0 Å². The van der Waals surface area contributed by atoms with Gasteiger partial charge in [-0.05, 0) is 55.0 Å². The second kappa shape index (κ2) is 10.7. The number of nitrogens with two attached hydrogens (primary N) is 1. The molecule has 192 valence electrons. The summed E-state index contributed by atoms with van der Waals surface area (Å²) < 4.78 is 56.7. The molecule has 0 saturated carbocycles. The molecule has 3 aromatic carbocycles. The van der Waals surface area contributed by atoms with Crippen LogP contribution in [0.5, 0.6) is 0 Å². The van der Waals surface area contributed by atoms with Crippen molar-refractivity contribution < 1.29 is 31.9 Å². The highest BCUT2D eigenvalue weighted by molar-refractivity contribution is 7.99. The molecule has 0 fully saturated rings. The second-order valence-corrected chi connectivity index (χ2v) is 9.66. The van der Waals surface area contributed by atoms with E-state index in [-0.39, 0.29) is 11.1 Å². The number of fused-ring (bicyclic) bond motifs is 1. The van der Waals surface area contributed by atoms with Gasteiger partial charge in [0.05, 0.1) is 23.4 Å². The lowest BCUT2D eigenvalue weighted by atomic mass is 10.00. The van der Waals surface area contributed by atoms with Gasteiger partial charge >= 0.3 is 0 Å². The largest absolute Gasteiger partial charge is 0.323 e. The molecule has 6 nitrogen and oxygen atoms in total. The molecule has 0 aromatic heterocycles. The summed E-state index contributed by atoms with van der Waals surface area (Å²) in [5, 5.41) is 1.35. The molecule has 0 unspecified atom stereocenters. The first-order valence-electron chi connectivity index (χ1n) is 11.1. The fraction of sp³-hybridized carbons (Fsp3) is 0.192. The van der Waals surface area contributed by atoms with Crippen LogP contribution in [0.15, 0.2) is 65.6 Å². The molecule has 3 amide bonds. The monoisotopic (exact) mass is 531 g/mol. The maximum absolute atomic E-state index is 15.0. The van der Waals surface area contributed by atoms with Crippen LogP contribution in [0.4, 0.5) is 23.2 Å². The lowest BCUT2D eigenvalue weighted by Crippen LogP contribution is -2.56. The number of anilines is 1. The molecule has 1 aliphatic heterocycles. The number of hydrogen-bond donors (Lipinski definition) is 2. The molecule has 4 rings (SSSR count). The summed E-state index contributed by atoms with van der Waals surface area (Å²) in [4.78, 5) is 41.3. The normalized spacial score (nSPS) is 17.8. The van der Waals surface area contributed by atoms with Gasteiger partial charge in [0.15, 0.2) is 0 Å². The Balaban J connectivity index is 1.86.